The second kappa shape index (κ2) is 9.64. The molecule has 0 saturated heterocycles. The van der Waals surface area contributed by atoms with Gasteiger partial charge in [-0.3, -0.25) is 4.79 Å². The Bertz CT molecular complexity index is 383. The van der Waals surface area contributed by atoms with E-state index in [-0.39, 0.29) is 18.3 Å². The minimum atomic E-state index is -0.0915. The molecule has 0 unspecified atom stereocenters. The molecule has 19 heavy (non-hydrogen) atoms. The Balaban J connectivity index is 0.00000324. The van der Waals surface area contributed by atoms with Gasteiger partial charge in [-0.05, 0) is 30.5 Å². The fourth-order valence-corrected chi connectivity index (χ4v) is 1.48. The maximum atomic E-state index is 11.7. The third kappa shape index (κ3) is 7.70. The highest BCUT2D eigenvalue weighted by molar-refractivity contribution is 5.94. The van der Waals surface area contributed by atoms with E-state index in [4.69, 9.17) is 10.5 Å². The Kier molecular flexibility index (Phi) is 9.00. The van der Waals surface area contributed by atoms with Crippen molar-refractivity contribution in [1.29, 1.82) is 0 Å². The van der Waals surface area contributed by atoms with Gasteiger partial charge in [-0.15, -0.1) is 12.4 Å². The number of nitrogen functional groups attached to an aromatic ring is 1. The predicted octanol–water partition coefficient (Wildman–Crippen LogP) is 2.48. The van der Waals surface area contributed by atoms with Crippen LogP contribution < -0.4 is 11.1 Å². The lowest BCUT2D eigenvalue weighted by Gasteiger charge is -2.08. The molecule has 0 bridgehead atoms. The van der Waals surface area contributed by atoms with Crippen LogP contribution in [0.15, 0.2) is 24.3 Å². The first kappa shape index (κ1) is 17.7. The fraction of sp³-hybridized carbons (Fsp3) is 0.500. The van der Waals surface area contributed by atoms with E-state index >= 15 is 0 Å². The van der Waals surface area contributed by atoms with E-state index in [0.29, 0.717) is 30.3 Å². The molecule has 0 aliphatic carbocycles. The number of benzene rings is 1. The highest BCUT2D eigenvalue weighted by atomic mass is 35.5. The van der Waals surface area contributed by atoms with Crippen LogP contribution in [0, 0.1) is 5.92 Å². The van der Waals surface area contributed by atoms with Gasteiger partial charge in [0.25, 0.3) is 5.91 Å². The first-order chi connectivity index (χ1) is 8.59. The van der Waals surface area contributed by atoms with Gasteiger partial charge in [0, 0.05) is 31.0 Å². The summed E-state index contributed by atoms with van der Waals surface area (Å²) < 4.78 is 5.43. The minimum Gasteiger partial charge on any atom is -0.399 e. The van der Waals surface area contributed by atoms with E-state index in [2.05, 4.69) is 19.2 Å². The number of nitrogens with two attached hydrogens (primary N) is 1. The van der Waals surface area contributed by atoms with Crippen molar-refractivity contribution in [3.05, 3.63) is 29.8 Å². The normalized spacial score (nSPS) is 10.1. The quantitative estimate of drug-likeness (QED) is 0.598. The molecule has 5 heteroatoms. The Morgan fingerprint density at radius 3 is 2.79 bits per heavy atom. The predicted molar refractivity (Wildman–Crippen MR) is 80.7 cm³/mol. The molecule has 0 saturated carbocycles. The molecule has 3 N–H and O–H groups in total. The van der Waals surface area contributed by atoms with Gasteiger partial charge >= 0.3 is 0 Å². The largest absolute Gasteiger partial charge is 0.399 e. The van der Waals surface area contributed by atoms with Gasteiger partial charge in [-0.2, -0.15) is 0 Å². The van der Waals surface area contributed by atoms with E-state index in [1.54, 1.807) is 24.3 Å². The van der Waals surface area contributed by atoms with E-state index in [9.17, 15) is 4.79 Å². The molecule has 0 heterocycles. The minimum absolute atomic E-state index is 0. The molecule has 1 rings (SSSR count). The van der Waals surface area contributed by atoms with Gasteiger partial charge in [0.1, 0.15) is 0 Å². The molecule has 108 valence electrons. The highest BCUT2D eigenvalue weighted by Gasteiger charge is 2.04. The second-order valence-corrected chi connectivity index (χ2v) is 4.70. The molecule has 1 aromatic rings. The van der Waals surface area contributed by atoms with Crippen molar-refractivity contribution in [1.82, 2.24) is 5.32 Å². The molecule has 4 nitrogen and oxygen atoms in total. The van der Waals surface area contributed by atoms with Crippen LogP contribution in [0.1, 0.15) is 30.6 Å². The van der Waals surface area contributed by atoms with E-state index in [1.165, 1.54) is 0 Å². The summed E-state index contributed by atoms with van der Waals surface area (Å²) in [7, 11) is 0. The highest BCUT2D eigenvalue weighted by Crippen LogP contribution is 2.05. The van der Waals surface area contributed by atoms with Gasteiger partial charge in [0.15, 0.2) is 0 Å². The molecular weight excluding hydrogens is 264 g/mol. The monoisotopic (exact) mass is 286 g/mol. The van der Waals surface area contributed by atoms with Gasteiger partial charge in [0.05, 0.1) is 0 Å². The Morgan fingerprint density at radius 2 is 2.16 bits per heavy atom. The fourth-order valence-electron chi connectivity index (χ4n) is 1.48. The van der Waals surface area contributed by atoms with Crippen LogP contribution in [0.2, 0.25) is 0 Å². The average molecular weight is 287 g/mol. The van der Waals surface area contributed by atoms with Crippen LogP contribution in [-0.2, 0) is 4.74 Å². The zero-order chi connectivity index (χ0) is 13.4. The van der Waals surface area contributed by atoms with Crippen molar-refractivity contribution in [2.24, 2.45) is 5.92 Å². The molecule has 0 aliphatic rings. The van der Waals surface area contributed by atoms with Crippen molar-refractivity contribution in [3.63, 3.8) is 0 Å². The van der Waals surface area contributed by atoms with Crippen molar-refractivity contribution in [2.45, 2.75) is 20.3 Å². The molecule has 0 radical (unpaired) electrons. The standard InChI is InChI=1S/C14H22N2O2.ClH/c1-11(2)10-18-8-4-7-16-14(17)12-5-3-6-13(15)9-12;/h3,5-6,9,11H,4,7-8,10,15H2,1-2H3,(H,16,17);1H. The summed E-state index contributed by atoms with van der Waals surface area (Å²) >= 11 is 0. The van der Waals surface area contributed by atoms with Gasteiger partial charge in [-0.1, -0.05) is 19.9 Å². The summed E-state index contributed by atoms with van der Waals surface area (Å²) in [6.45, 7) is 6.29. The number of halogens is 1. The van der Waals surface area contributed by atoms with Crippen molar-refractivity contribution in [2.75, 3.05) is 25.5 Å². The number of hydrogen-bond acceptors (Lipinski definition) is 3. The average Bonchev–Trinajstić information content (AvgIpc) is 2.33. The van der Waals surface area contributed by atoms with Crippen LogP contribution in [0.4, 0.5) is 5.69 Å². The van der Waals surface area contributed by atoms with Crippen molar-refractivity contribution >= 4 is 24.0 Å². The summed E-state index contributed by atoms with van der Waals surface area (Å²) in [5, 5.41) is 2.84. The number of rotatable bonds is 7. The van der Waals surface area contributed by atoms with E-state index in [1.807, 2.05) is 0 Å². The number of carbonyl (C=O) groups excluding carboxylic acids is 1. The Labute approximate surface area is 121 Å². The number of ether oxygens (including phenoxy) is 1. The Hall–Kier alpha value is -1.26. The summed E-state index contributed by atoms with van der Waals surface area (Å²) in [4.78, 5) is 11.7. The van der Waals surface area contributed by atoms with Crippen LogP contribution in [0.3, 0.4) is 0 Å². The number of nitrogens with one attached hydrogen (secondary N) is 1. The second-order valence-electron chi connectivity index (χ2n) is 4.70. The molecule has 0 aromatic heterocycles. The third-order valence-electron chi connectivity index (χ3n) is 2.35. The molecule has 1 amide bonds. The smallest absolute Gasteiger partial charge is 0.251 e. The summed E-state index contributed by atoms with van der Waals surface area (Å²) in [6, 6.07) is 6.96. The maximum absolute atomic E-state index is 11.7. The molecule has 0 atom stereocenters. The summed E-state index contributed by atoms with van der Waals surface area (Å²) in [5.74, 6) is 0.457. The lowest BCUT2D eigenvalue weighted by atomic mass is 10.2. The number of carbonyl (C=O) groups is 1. The number of amides is 1. The van der Waals surface area contributed by atoms with Gasteiger partial charge < -0.3 is 15.8 Å². The molecule has 0 aliphatic heterocycles. The first-order valence-electron chi connectivity index (χ1n) is 6.31. The SMILES string of the molecule is CC(C)COCCCNC(=O)c1cccc(N)c1.Cl. The first-order valence-corrected chi connectivity index (χ1v) is 6.31. The topological polar surface area (TPSA) is 64.3 Å². The Morgan fingerprint density at radius 1 is 1.42 bits per heavy atom. The number of anilines is 1. The van der Waals surface area contributed by atoms with Crippen LogP contribution in [0.5, 0.6) is 0 Å². The maximum Gasteiger partial charge on any atom is 0.251 e. The molecule has 0 fully saturated rings. The number of hydrogen-bond donors (Lipinski definition) is 2. The van der Waals surface area contributed by atoms with Crippen LogP contribution in [0.25, 0.3) is 0 Å². The lowest BCUT2D eigenvalue weighted by molar-refractivity contribution is 0.0925. The van der Waals surface area contributed by atoms with Gasteiger partial charge in [-0.25, -0.2) is 0 Å². The van der Waals surface area contributed by atoms with Crippen LogP contribution >= 0.6 is 12.4 Å². The van der Waals surface area contributed by atoms with Crippen LogP contribution in [-0.4, -0.2) is 25.7 Å². The molecular formula is C14H23ClN2O2. The lowest BCUT2D eigenvalue weighted by Crippen LogP contribution is -2.25. The van der Waals surface area contributed by atoms with E-state index < -0.39 is 0 Å². The van der Waals surface area contributed by atoms with Gasteiger partial charge in [0.2, 0.25) is 0 Å². The van der Waals surface area contributed by atoms with E-state index in [0.717, 1.165) is 13.0 Å². The zero-order valence-corrected chi connectivity index (χ0v) is 12.3. The molecule has 0 spiro atoms. The molecule has 1 aromatic carbocycles. The van der Waals surface area contributed by atoms with Crippen molar-refractivity contribution in [3.8, 4) is 0 Å². The third-order valence-corrected chi connectivity index (χ3v) is 2.35. The summed E-state index contributed by atoms with van der Waals surface area (Å²) in [6.07, 6.45) is 0.820. The summed E-state index contributed by atoms with van der Waals surface area (Å²) in [5.41, 5.74) is 6.81. The van der Waals surface area contributed by atoms with Crippen molar-refractivity contribution < 1.29 is 9.53 Å². The zero-order valence-electron chi connectivity index (χ0n) is 11.5.